The summed E-state index contributed by atoms with van der Waals surface area (Å²) in [5.74, 6) is -1.74. The number of benzene rings is 2. The molecule has 1 aliphatic rings. The van der Waals surface area contributed by atoms with Gasteiger partial charge in [0, 0.05) is 5.56 Å². The first-order chi connectivity index (χ1) is 15.9. The third kappa shape index (κ3) is 4.19. The lowest BCUT2D eigenvalue weighted by Crippen LogP contribution is -2.29. The molecule has 1 N–H and O–H groups in total. The van der Waals surface area contributed by atoms with Gasteiger partial charge in [-0.15, -0.1) is 0 Å². The molecule has 0 radical (unpaired) electrons. The molecule has 3 aromatic rings. The second kappa shape index (κ2) is 9.20. The lowest BCUT2D eigenvalue weighted by atomic mass is 9.95. The molecule has 1 aliphatic heterocycles. The fraction of sp³-hybridized carbons (Fsp3) is 0.200. The average Bonchev–Trinajstić information content (AvgIpc) is 3.42. The lowest BCUT2D eigenvalue weighted by molar-refractivity contribution is -0.140. The quantitative estimate of drug-likeness (QED) is 0.324. The molecule has 8 heteroatoms. The summed E-state index contributed by atoms with van der Waals surface area (Å²) in [6.45, 7) is 2.36. The average molecular weight is 451 g/mol. The van der Waals surface area contributed by atoms with Crippen LogP contribution in [-0.4, -0.2) is 35.4 Å². The molecule has 1 aromatic heterocycles. The van der Waals surface area contributed by atoms with Gasteiger partial charge in [0.1, 0.15) is 17.3 Å². The van der Waals surface area contributed by atoms with Crippen LogP contribution in [0.25, 0.3) is 5.76 Å². The van der Waals surface area contributed by atoms with Crippen LogP contribution in [0.3, 0.4) is 0 Å². The van der Waals surface area contributed by atoms with Gasteiger partial charge in [0.25, 0.3) is 11.7 Å². The highest BCUT2D eigenvalue weighted by Crippen LogP contribution is 2.41. The van der Waals surface area contributed by atoms with E-state index in [9.17, 15) is 19.1 Å². The van der Waals surface area contributed by atoms with E-state index in [1.54, 1.807) is 36.4 Å². The first-order valence-electron chi connectivity index (χ1n) is 10.3. The summed E-state index contributed by atoms with van der Waals surface area (Å²) in [7, 11) is 1.32. The molecule has 4 rings (SSSR count). The molecule has 1 amide bonds. The van der Waals surface area contributed by atoms with Crippen molar-refractivity contribution in [1.29, 1.82) is 0 Å². The van der Waals surface area contributed by atoms with Gasteiger partial charge in [-0.2, -0.15) is 0 Å². The summed E-state index contributed by atoms with van der Waals surface area (Å²) >= 11 is 0. The van der Waals surface area contributed by atoms with Crippen molar-refractivity contribution in [2.45, 2.75) is 19.5 Å². The van der Waals surface area contributed by atoms with E-state index < -0.39 is 29.3 Å². The molecule has 2 aromatic carbocycles. The van der Waals surface area contributed by atoms with E-state index in [2.05, 4.69) is 0 Å². The first kappa shape index (κ1) is 22.1. The lowest BCUT2D eigenvalue weighted by Gasteiger charge is -2.24. The summed E-state index contributed by atoms with van der Waals surface area (Å²) in [5.41, 5.74) is 0.500. The van der Waals surface area contributed by atoms with Crippen molar-refractivity contribution < 1.29 is 33.0 Å². The van der Waals surface area contributed by atoms with Crippen molar-refractivity contribution in [2.75, 3.05) is 13.7 Å². The number of ketones is 1. The maximum atomic E-state index is 14.3. The fourth-order valence-corrected chi connectivity index (χ4v) is 3.84. The molecule has 170 valence electrons. The number of hydrogen-bond donors (Lipinski definition) is 1. The van der Waals surface area contributed by atoms with Crippen LogP contribution in [0.4, 0.5) is 4.39 Å². The Labute approximate surface area is 189 Å². The summed E-state index contributed by atoms with van der Waals surface area (Å²) in [6.07, 6.45) is 1.47. The standard InChI is InChI=1S/C25H22FNO6/c1-3-32-17-9-6-15(7-10-17)22-21(23(28)16-8-11-20(31-2)19(26)13-16)24(29)25(30)27(22)14-18-5-4-12-33-18/h4-13,22,28H,3,14H2,1-2H3/b23-21-. The Kier molecular flexibility index (Phi) is 6.17. The molecular formula is C25H22FNO6. The Morgan fingerprint density at radius 2 is 1.91 bits per heavy atom. The van der Waals surface area contributed by atoms with Gasteiger partial charge in [0.05, 0.1) is 38.1 Å². The number of amides is 1. The predicted octanol–water partition coefficient (Wildman–Crippen LogP) is 4.45. The number of aliphatic hydroxyl groups is 1. The first-order valence-corrected chi connectivity index (χ1v) is 10.3. The van der Waals surface area contributed by atoms with Gasteiger partial charge in [0.15, 0.2) is 11.6 Å². The number of methoxy groups -OCH3 is 1. The minimum Gasteiger partial charge on any atom is -0.507 e. The number of hydrogen-bond acceptors (Lipinski definition) is 6. The molecule has 0 spiro atoms. The molecule has 33 heavy (non-hydrogen) atoms. The highest BCUT2D eigenvalue weighted by Gasteiger charge is 2.46. The number of halogens is 1. The van der Waals surface area contributed by atoms with Crippen LogP contribution in [-0.2, 0) is 16.1 Å². The van der Waals surface area contributed by atoms with Crippen molar-refractivity contribution in [3.05, 3.63) is 89.1 Å². The maximum Gasteiger partial charge on any atom is 0.296 e. The number of rotatable bonds is 7. The van der Waals surface area contributed by atoms with Crippen LogP contribution in [0.1, 0.15) is 29.9 Å². The normalized spacial score (nSPS) is 17.4. The van der Waals surface area contributed by atoms with E-state index in [-0.39, 0.29) is 23.4 Å². The number of aliphatic hydroxyl groups excluding tert-OH is 1. The molecule has 0 bridgehead atoms. The highest BCUT2D eigenvalue weighted by molar-refractivity contribution is 6.46. The van der Waals surface area contributed by atoms with Crippen LogP contribution >= 0.6 is 0 Å². The zero-order chi connectivity index (χ0) is 23.5. The predicted molar refractivity (Wildman–Crippen MR) is 117 cm³/mol. The van der Waals surface area contributed by atoms with Crippen LogP contribution in [0.5, 0.6) is 11.5 Å². The molecule has 1 atom stereocenters. The van der Waals surface area contributed by atoms with E-state index in [4.69, 9.17) is 13.9 Å². The van der Waals surface area contributed by atoms with Gasteiger partial charge in [-0.3, -0.25) is 9.59 Å². The SMILES string of the molecule is CCOc1ccc(C2/C(=C(/O)c3ccc(OC)c(F)c3)C(=O)C(=O)N2Cc2ccco2)cc1. The van der Waals surface area contributed by atoms with Crippen LogP contribution in [0.2, 0.25) is 0 Å². The van der Waals surface area contributed by atoms with Crippen molar-refractivity contribution in [3.63, 3.8) is 0 Å². The molecule has 0 aliphatic carbocycles. The molecule has 7 nitrogen and oxygen atoms in total. The van der Waals surface area contributed by atoms with Gasteiger partial charge in [-0.05, 0) is 55.0 Å². The largest absolute Gasteiger partial charge is 0.507 e. The molecule has 1 unspecified atom stereocenters. The number of ether oxygens (including phenoxy) is 2. The second-order valence-electron chi connectivity index (χ2n) is 7.36. The Morgan fingerprint density at radius 3 is 2.52 bits per heavy atom. The zero-order valence-corrected chi connectivity index (χ0v) is 18.1. The van der Waals surface area contributed by atoms with Gasteiger partial charge < -0.3 is 23.9 Å². The topological polar surface area (TPSA) is 89.2 Å². The third-order valence-electron chi connectivity index (χ3n) is 5.38. The van der Waals surface area contributed by atoms with Crippen LogP contribution < -0.4 is 9.47 Å². The fourth-order valence-electron chi connectivity index (χ4n) is 3.84. The van der Waals surface area contributed by atoms with Crippen molar-refractivity contribution >= 4 is 17.4 Å². The van der Waals surface area contributed by atoms with E-state index in [1.165, 1.54) is 30.4 Å². The van der Waals surface area contributed by atoms with E-state index in [0.29, 0.717) is 23.7 Å². The van der Waals surface area contributed by atoms with Crippen molar-refractivity contribution in [1.82, 2.24) is 4.90 Å². The summed E-state index contributed by atoms with van der Waals surface area (Å²) in [4.78, 5) is 27.3. The molecule has 0 saturated carbocycles. The molecule has 2 heterocycles. The Balaban J connectivity index is 1.83. The van der Waals surface area contributed by atoms with Crippen LogP contribution in [0, 0.1) is 5.82 Å². The number of carbonyl (C=O) groups excluding carboxylic acids is 2. The molecule has 1 saturated heterocycles. The van der Waals surface area contributed by atoms with Gasteiger partial charge in [-0.1, -0.05) is 12.1 Å². The zero-order valence-electron chi connectivity index (χ0n) is 18.1. The highest BCUT2D eigenvalue weighted by atomic mass is 19.1. The monoisotopic (exact) mass is 451 g/mol. The van der Waals surface area contributed by atoms with Crippen molar-refractivity contribution in [3.8, 4) is 11.5 Å². The summed E-state index contributed by atoms with van der Waals surface area (Å²) in [5, 5.41) is 11.0. The van der Waals surface area contributed by atoms with Gasteiger partial charge in [-0.25, -0.2) is 4.39 Å². The minimum atomic E-state index is -0.907. The summed E-state index contributed by atoms with van der Waals surface area (Å²) in [6, 6.07) is 13.2. The summed E-state index contributed by atoms with van der Waals surface area (Å²) < 4.78 is 30.1. The van der Waals surface area contributed by atoms with Crippen LogP contribution in [0.15, 0.2) is 70.9 Å². The molecular weight excluding hydrogens is 429 g/mol. The Morgan fingerprint density at radius 1 is 1.15 bits per heavy atom. The number of furan rings is 1. The minimum absolute atomic E-state index is 0.00659. The van der Waals surface area contributed by atoms with Gasteiger partial charge >= 0.3 is 0 Å². The van der Waals surface area contributed by atoms with Crippen molar-refractivity contribution in [2.24, 2.45) is 0 Å². The smallest absolute Gasteiger partial charge is 0.296 e. The van der Waals surface area contributed by atoms with Gasteiger partial charge in [0.2, 0.25) is 0 Å². The number of likely N-dealkylation sites (tertiary alicyclic amines) is 1. The van der Waals surface area contributed by atoms with E-state index >= 15 is 0 Å². The van der Waals surface area contributed by atoms with E-state index in [1.807, 2.05) is 6.92 Å². The van der Waals surface area contributed by atoms with E-state index in [0.717, 1.165) is 6.07 Å². The Bertz CT molecular complexity index is 1200. The third-order valence-corrected chi connectivity index (χ3v) is 5.38. The second-order valence-corrected chi connectivity index (χ2v) is 7.36. The number of Topliss-reactive ketones (excluding diaryl/α,β-unsaturated/α-hetero) is 1. The number of carbonyl (C=O) groups is 2. The Hall–Kier alpha value is -4.07. The maximum absolute atomic E-state index is 14.3. The molecule has 1 fully saturated rings. The number of nitrogens with zero attached hydrogens (tertiary/aromatic N) is 1.